The molecule has 0 atom stereocenters. The van der Waals surface area contributed by atoms with Crippen molar-refractivity contribution in [2.45, 2.75) is 25.7 Å². The van der Waals surface area contributed by atoms with Crippen LogP contribution in [0.2, 0.25) is 0 Å². The highest BCUT2D eigenvalue weighted by Gasteiger charge is 2.17. The molecule has 0 spiro atoms. The van der Waals surface area contributed by atoms with E-state index in [1.807, 2.05) is 12.1 Å². The average molecular weight is 257 g/mol. The van der Waals surface area contributed by atoms with E-state index in [9.17, 15) is 4.79 Å². The van der Waals surface area contributed by atoms with Crippen LogP contribution in [0.1, 0.15) is 41.6 Å². The van der Waals surface area contributed by atoms with Crippen LogP contribution >= 0.6 is 0 Å². The van der Waals surface area contributed by atoms with Crippen molar-refractivity contribution in [3.8, 4) is 11.8 Å². The van der Waals surface area contributed by atoms with Gasteiger partial charge in [-0.2, -0.15) is 0 Å². The van der Waals surface area contributed by atoms with Gasteiger partial charge in [-0.25, -0.2) is 0 Å². The lowest BCUT2D eigenvalue weighted by molar-refractivity contribution is 0.0949. The van der Waals surface area contributed by atoms with Gasteiger partial charge in [-0.05, 0) is 30.5 Å². The first-order chi connectivity index (χ1) is 9.29. The number of aliphatic hydroxyl groups excluding tert-OH is 1. The molecule has 1 amide bonds. The highest BCUT2D eigenvalue weighted by atomic mass is 16.2. The number of rotatable bonds is 4. The lowest BCUT2D eigenvalue weighted by Crippen LogP contribution is -2.27. The summed E-state index contributed by atoms with van der Waals surface area (Å²) in [4.78, 5) is 11.9. The van der Waals surface area contributed by atoms with Crippen molar-refractivity contribution in [2.24, 2.45) is 5.92 Å². The van der Waals surface area contributed by atoms with Gasteiger partial charge in [0.25, 0.3) is 5.91 Å². The van der Waals surface area contributed by atoms with E-state index < -0.39 is 0 Å². The van der Waals surface area contributed by atoms with E-state index in [1.165, 1.54) is 19.3 Å². The molecule has 3 heteroatoms. The molecule has 1 fully saturated rings. The minimum absolute atomic E-state index is 0.0491. The second kappa shape index (κ2) is 6.96. The lowest BCUT2D eigenvalue weighted by Gasteiger charge is -2.25. The van der Waals surface area contributed by atoms with Crippen LogP contribution in [0.15, 0.2) is 24.3 Å². The summed E-state index contributed by atoms with van der Waals surface area (Å²) in [7, 11) is 0. The maximum Gasteiger partial charge on any atom is 0.251 e. The Morgan fingerprint density at radius 1 is 1.42 bits per heavy atom. The van der Waals surface area contributed by atoms with E-state index in [1.54, 1.807) is 12.1 Å². The summed E-state index contributed by atoms with van der Waals surface area (Å²) in [6.45, 7) is 0.577. The molecule has 1 aromatic rings. The maximum atomic E-state index is 11.9. The zero-order valence-electron chi connectivity index (χ0n) is 11.0. The van der Waals surface area contributed by atoms with Crippen molar-refractivity contribution in [2.75, 3.05) is 13.2 Å². The Hall–Kier alpha value is -1.79. The number of amides is 1. The number of hydrogen-bond acceptors (Lipinski definition) is 2. The third-order valence-corrected chi connectivity index (χ3v) is 3.50. The standard InChI is InChI=1S/C16H19NO2/c18-11-3-7-14-6-2-8-15(12-14)16(19)17-10-9-13-4-1-5-13/h2,6,8,12-13,18H,1,4-5,9-11H2,(H,17,19). The van der Waals surface area contributed by atoms with Crippen LogP contribution < -0.4 is 5.32 Å². The van der Waals surface area contributed by atoms with Crippen LogP contribution in [-0.4, -0.2) is 24.2 Å². The second-order valence-corrected chi connectivity index (χ2v) is 4.88. The van der Waals surface area contributed by atoms with Gasteiger partial charge < -0.3 is 10.4 Å². The van der Waals surface area contributed by atoms with Crippen molar-refractivity contribution >= 4 is 5.91 Å². The highest BCUT2D eigenvalue weighted by Crippen LogP contribution is 2.28. The number of hydrogen-bond donors (Lipinski definition) is 2. The lowest BCUT2D eigenvalue weighted by atomic mass is 9.83. The van der Waals surface area contributed by atoms with Gasteiger partial charge in [-0.15, -0.1) is 0 Å². The average Bonchev–Trinajstić information content (AvgIpc) is 2.39. The molecule has 0 aromatic heterocycles. The number of nitrogens with one attached hydrogen (secondary N) is 1. The second-order valence-electron chi connectivity index (χ2n) is 4.88. The Morgan fingerprint density at radius 2 is 2.26 bits per heavy atom. The van der Waals surface area contributed by atoms with Gasteiger partial charge in [0.1, 0.15) is 6.61 Å². The third-order valence-electron chi connectivity index (χ3n) is 3.50. The van der Waals surface area contributed by atoms with Gasteiger partial charge >= 0.3 is 0 Å². The van der Waals surface area contributed by atoms with E-state index in [0.29, 0.717) is 5.56 Å². The fourth-order valence-corrected chi connectivity index (χ4v) is 2.15. The molecule has 2 N–H and O–H groups in total. The summed E-state index contributed by atoms with van der Waals surface area (Å²) < 4.78 is 0. The van der Waals surface area contributed by atoms with Crippen molar-refractivity contribution in [1.82, 2.24) is 5.32 Å². The first kappa shape index (κ1) is 13.6. The molecule has 19 heavy (non-hydrogen) atoms. The summed E-state index contributed by atoms with van der Waals surface area (Å²) in [5, 5.41) is 11.6. The quantitative estimate of drug-likeness (QED) is 0.810. The fourth-order valence-electron chi connectivity index (χ4n) is 2.15. The third kappa shape index (κ3) is 4.11. The molecule has 100 valence electrons. The maximum absolute atomic E-state index is 11.9. The summed E-state index contributed by atoms with van der Waals surface area (Å²) in [6.07, 6.45) is 5.03. The predicted molar refractivity (Wildman–Crippen MR) is 74.7 cm³/mol. The van der Waals surface area contributed by atoms with E-state index in [4.69, 9.17) is 5.11 Å². The van der Waals surface area contributed by atoms with Gasteiger partial charge in [0.05, 0.1) is 0 Å². The summed E-state index contributed by atoms with van der Waals surface area (Å²) in [6, 6.07) is 7.17. The van der Waals surface area contributed by atoms with Crippen molar-refractivity contribution in [3.63, 3.8) is 0 Å². The van der Waals surface area contributed by atoms with E-state index >= 15 is 0 Å². The van der Waals surface area contributed by atoms with Crippen LogP contribution in [0, 0.1) is 17.8 Å². The molecule has 0 aliphatic heterocycles. The molecule has 0 unspecified atom stereocenters. The number of benzene rings is 1. The van der Waals surface area contributed by atoms with Crippen LogP contribution in [-0.2, 0) is 0 Å². The van der Waals surface area contributed by atoms with Crippen LogP contribution in [0.3, 0.4) is 0 Å². The van der Waals surface area contributed by atoms with Crippen LogP contribution in [0.5, 0.6) is 0 Å². The minimum atomic E-state index is -0.169. The SMILES string of the molecule is O=C(NCCC1CCC1)c1cccc(C#CCO)c1. The normalized spacial score (nSPS) is 14.2. The van der Waals surface area contributed by atoms with Crippen molar-refractivity contribution in [1.29, 1.82) is 0 Å². The molecule has 1 aromatic carbocycles. The Bertz CT molecular complexity index is 495. The number of aliphatic hydroxyl groups is 1. The van der Waals surface area contributed by atoms with Crippen LogP contribution in [0.4, 0.5) is 0 Å². The molecule has 0 bridgehead atoms. The first-order valence-electron chi connectivity index (χ1n) is 6.77. The topological polar surface area (TPSA) is 49.3 Å². The molecule has 1 aliphatic rings. The van der Waals surface area contributed by atoms with Crippen molar-refractivity contribution in [3.05, 3.63) is 35.4 Å². The molecule has 0 radical (unpaired) electrons. The molecule has 2 rings (SSSR count). The molecular weight excluding hydrogens is 238 g/mol. The summed E-state index contributed by atoms with van der Waals surface area (Å²) in [5.74, 6) is 6.14. The minimum Gasteiger partial charge on any atom is -0.384 e. The molecule has 3 nitrogen and oxygen atoms in total. The van der Waals surface area contributed by atoms with Gasteiger partial charge in [0, 0.05) is 17.7 Å². The smallest absolute Gasteiger partial charge is 0.251 e. The zero-order valence-corrected chi connectivity index (χ0v) is 11.0. The highest BCUT2D eigenvalue weighted by molar-refractivity contribution is 5.94. The van der Waals surface area contributed by atoms with Gasteiger partial charge in [-0.1, -0.05) is 37.2 Å². The number of carbonyl (C=O) groups is 1. The fraction of sp³-hybridized carbons (Fsp3) is 0.438. The zero-order chi connectivity index (χ0) is 13.5. The van der Waals surface area contributed by atoms with Crippen LogP contribution in [0.25, 0.3) is 0 Å². The number of carbonyl (C=O) groups excluding carboxylic acids is 1. The van der Waals surface area contributed by atoms with E-state index in [0.717, 1.165) is 24.4 Å². The Balaban J connectivity index is 1.86. The summed E-state index contributed by atoms with van der Waals surface area (Å²) >= 11 is 0. The van der Waals surface area contributed by atoms with E-state index in [-0.39, 0.29) is 12.5 Å². The van der Waals surface area contributed by atoms with Crippen molar-refractivity contribution < 1.29 is 9.90 Å². The van der Waals surface area contributed by atoms with Gasteiger partial charge in [0.2, 0.25) is 0 Å². The molecule has 1 saturated carbocycles. The Labute approximate surface area is 114 Å². The Morgan fingerprint density at radius 3 is 2.95 bits per heavy atom. The molecular formula is C16H19NO2. The first-order valence-corrected chi connectivity index (χ1v) is 6.77. The molecule has 0 heterocycles. The summed E-state index contributed by atoms with van der Waals surface area (Å²) in [5.41, 5.74) is 1.37. The molecule has 0 saturated heterocycles. The largest absolute Gasteiger partial charge is 0.384 e. The van der Waals surface area contributed by atoms with E-state index in [2.05, 4.69) is 17.2 Å². The van der Waals surface area contributed by atoms with Gasteiger partial charge in [0.15, 0.2) is 0 Å². The predicted octanol–water partition coefficient (Wildman–Crippen LogP) is 1.95. The Kier molecular flexibility index (Phi) is 5.00. The monoisotopic (exact) mass is 257 g/mol. The van der Waals surface area contributed by atoms with Gasteiger partial charge in [-0.3, -0.25) is 4.79 Å². The molecule has 1 aliphatic carbocycles.